The normalized spacial score (nSPS) is 10.7. The Morgan fingerprint density at radius 2 is 1.94 bits per heavy atom. The summed E-state index contributed by atoms with van der Waals surface area (Å²) in [6, 6.07) is 7.20. The number of hydrogen-bond acceptors (Lipinski definition) is 5. The molecule has 0 aliphatic heterocycles. The Bertz CT molecular complexity index is 718. The van der Waals surface area contributed by atoms with E-state index in [-0.39, 0.29) is 5.88 Å². The molecule has 1 aromatic carbocycles. The van der Waals surface area contributed by atoms with Gasteiger partial charge in [0, 0.05) is 10.0 Å². The summed E-state index contributed by atoms with van der Waals surface area (Å²) in [6.45, 7) is 0. The molecular weight excluding hydrogens is 296 g/mol. The molecule has 0 spiro atoms. The van der Waals surface area contributed by atoms with E-state index in [1.54, 1.807) is 24.5 Å². The molecule has 88 valence electrons. The largest absolute Gasteiger partial charge is 0.493 e. The first-order chi connectivity index (χ1) is 8.74. The number of nitrogens with zero attached hydrogens (tertiary/aromatic N) is 4. The van der Waals surface area contributed by atoms with Crippen LogP contribution in [0.5, 0.6) is 5.88 Å². The van der Waals surface area contributed by atoms with Gasteiger partial charge in [-0.3, -0.25) is 0 Å². The molecule has 0 amide bonds. The first-order valence-corrected chi connectivity index (χ1v) is 5.97. The van der Waals surface area contributed by atoms with Crippen molar-refractivity contribution in [3.63, 3.8) is 0 Å². The molecular formula is C12H7BrN4O. The van der Waals surface area contributed by atoms with Crippen LogP contribution in [0.4, 0.5) is 0 Å². The lowest BCUT2D eigenvalue weighted by Gasteiger charge is -2.04. The maximum absolute atomic E-state index is 9.93. The first-order valence-electron chi connectivity index (χ1n) is 5.17. The molecule has 3 rings (SSSR count). The topological polar surface area (TPSA) is 71.8 Å². The maximum Gasteiger partial charge on any atom is 0.222 e. The van der Waals surface area contributed by atoms with Crippen molar-refractivity contribution in [2.75, 3.05) is 0 Å². The fourth-order valence-electron chi connectivity index (χ4n) is 1.64. The van der Waals surface area contributed by atoms with Crippen molar-refractivity contribution in [1.82, 2.24) is 20.2 Å². The number of aromatic hydroxyl groups is 1. The standard InChI is InChI=1S/C12H7BrN4O/c13-8-1-2-10-9(5-8)12(18)17-11(16-10)7-3-4-14-15-6-7/h1-6H,(H,16,17,18). The molecule has 0 unspecified atom stereocenters. The number of rotatable bonds is 1. The van der Waals surface area contributed by atoms with E-state index in [2.05, 4.69) is 36.1 Å². The van der Waals surface area contributed by atoms with Crippen LogP contribution in [0.15, 0.2) is 41.1 Å². The molecule has 0 atom stereocenters. The minimum absolute atomic E-state index is 0.0480. The quantitative estimate of drug-likeness (QED) is 0.748. The highest BCUT2D eigenvalue weighted by Gasteiger charge is 2.08. The summed E-state index contributed by atoms with van der Waals surface area (Å²) in [7, 11) is 0. The molecule has 5 nitrogen and oxygen atoms in total. The maximum atomic E-state index is 9.93. The minimum Gasteiger partial charge on any atom is -0.493 e. The Balaban J connectivity index is 2.25. The zero-order valence-electron chi connectivity index (χ0n) is 9.08. The summed E-state index contributed by atoms with van der Waals surface area (Å²) < 4.78 is 0.868. The van der Waals surface area contributed by atoms with Gasteiger partial charge in [0.05, 0.1) is 23.3 Å². The second-order valence-electron chi connectivity index (χ2n) is 3.66. The molecule has 2 aromatic heterocycles. The van der Waals surface area contributed by atoms with Crippen LogP contribution in [-0.4, -0.2) is 25.3 Å². The van der Waals surface area contributed by atoms with Crippen LogP contribution in [0.2, 0.25) is 0 Å². The summed E-state index contributed by atoms with van der Waals surface area (Å²) in [4.78, 5) is 8.46. The third-order valence-electron chi connectivity index (χ3n) is 2.48. The van der Waals surface area contributed by atoms with Gasteiger partial charge in [-0.1, -0.05) is 15.9 Å². The van der Waals surface area contributed by atoms with Crippen LogP contribution in [0.25, 0.3) is 22.3 Å². The van der Waals surface area contributed by atoms with Crippen LogP contribution >= 0.6 is 15.9 Å². The van der Waals surface area contributed by atoms with Crippen molar-refractivity contribution < 1.29 is 5.11 Å². The Morgan fingerprint density at radius 1 is 1.06 bits per heavy atom. The Hall–Kier alpha value is -2.08. The molecule has 0 aliphatic carbocycles. The van der Waals surface area contributed by atoms with Crippen molar-refractivity contribution in [1.29, 1.82) is 0 Å². The first kappa shape index (κ1) is 11.0. The van der Waals surface area contributed by atoms with E-state index in [4.69, 9.17) is 0 Å². The van der Waals surface area contributed by atoms with Gasteiger partial charge in [-0.25, -0.2) is 4.98 Å². The van der Waals surface area contributed by atoms with Crippen molar-refractivity contribution in [2.45, 2.75) is 0 Å². The van der Waals surface area contributed by atoms with Gasteiger partial charge < -0.3 is 5.11 Å². The highest BCUT2D eigenvalue weighted by molar-refractivity contribution is 9.10. The summed E-state index contributed by atoms with van der Waals surface area (Å²) in [5.74, 6) is 0.380. The molecule has 6 heteroatoms. The molecule has 3 aromatic rings. The van der Waals surface area contributed by atoms with Gasteiger partial charge in [-0.05, 0) is 24.3 Å². The molecule has 0 fully saturated rings. The summed E-state index contributed by atoms with van der Waals surface area (Å²) in [5.41, 5.74) is 1.39. The lowest BCUT2D eigenvalue weighted by Crippen LogP contribution is -1.92. The van der Waals surface area contributed by atoms with E-state index in [1.165, 1.54) is 0 Å². The van der Waals surface area contributed by atoms with E-state index < -0.39 is 0 Å². The van der Waals surface area contributed by atoms with Crippen LogP contribution in [0.1, 0.15) is 0 Å². The van der Waals surface area contributed by atoms with Gasteiger partial charge in [0.2, 0.25) is 5.88 Å². The number of fused-ring (bicyclic) bond motifs is 1. The average molecular weight is 303 g/mol. The molecule has 2 heterocycles. The molecule has 18 heavy (non-hydrogen) atoms. The molecule has 0 aliphatic rings. The lowest BCUT2D eigenvalue weighted by atomic mass is 10.2. The fourth-order valence-corrected chi connectivity index (χ4v) is 2.00. The third-order valence-corrected chi connectivity index (χ3v) is 2.97. The molecule has 0 bridgehead atoms. The van der Waals surface area contributed by atoms with Crippen molar-refractivity contribution >= 4 is 26.8 Å². The zero-order valence-corrected chi connectivity index (χ0v) is 10.7. The van der Waals surface area contributed by atoms with Gasteiger partial charge in [0.1, 0.15) is 0 Å². The van der Waals surface area contributed by atoms with E-state index in [0.29, 0.717) is 22.3 Å². The summed E-state index contributed by atoms with van der Waals surface area (Å²) in [5, 5.41) is 18.0. The van der Waals surface area contributed by atoms with E-state index in [0.717, 1.165) is 4.47 Å². The molecule has 0 radical (unpaired) electrons. The van der Waals surface area contributed by atoms with E-state index in [1.807, 2.05) is 12.1 Å². The lowest BCUT2D eigenvalue weighted by molar-refractivity contribution is 0.460. The minimum atomic E-state index is -0.0480. The van der Waals surface area contributed by atoms with Crippen LogP contribution in [0, 0.1) is 0 Å². The van der Waals surface area contributed by atoms with Crippen molar-refractivity contribution in [2.24, 2.45) is 0 Å². The number of aromatic nitrogens is 4. The van der Waals surface area contributed by atoms with Gasteiger partial charge >= 0.3 is 0 Å². The highest BCUT2D eigenvalue weighted by Crippen LogP contribution is 2.27. The SMILES string of the molecule is Oc1nc(-c2ccnnc2)nc2ccc(Br)cc12. The van der Waals surface area contributed by atoms with Gasteiger partial charge in [0.15, 0.2) is 5.82 Å². The predicted octanol–water partition coefficient (Wildman–Crippen LogP) is 2.55. The zero-order chi connectivity index (χ0) is 12.5. The summed E-state index contributed by atoms with van der Waals surface area (Å²) in [6.07, 6.45) is 3.11. The number of benzene rings is 1. The Morgan fingerprint density at radius 3 is 2.72 bits per heavy atom. The molecule has 0 saturated carbocycles. The second-order valence-corrected chi connectivity index (χ2v) is 4.58. The predicted molar refractivity (Wildman–Crippen MR) is 69.9 cm³/mol. The molecule has 1 N–H and O–H groups in total. The Kier molecular flexibility index (Phi) is 2.64. The summed E-state index contributed by atoms with van der Waals surface area (Å²) >= 11 is 3.35. The fraction of sp³-hybridized carbons (Fsp3) is 0. The average Bonchev–Trinajstić information content (AvgIpc) is 2.40. The van der Waals surface area contributed by atoms with Crippen molar-refractivity contribution in [3.05, 3.63) is 41.1 Å². The van der Waals surface area contributed by atoms with Gasteiger partial charge in [-0.2, -0.15) is 15.2 Å². The molecule has 0 saturated heterocycles. The van der Waals surface area contributed by atoms with Crippen LogP contribution in [-0.2, 0) is 0 Å². The van der Waals surface area contributed by atoms with Crippen molar-refractivity contribution in [3.8, 4) is 17.3 Å². The van der Waals surface area contributed by atoms with Crippen LogP contribution in [0.3, 0.4) is 0 Å². The number of hydrogen-bond donors (Lipinski definition) is 1. The monoisotopic (exact) mass is 302 g/mol. The Labute approximate surface area is 111 Å². The smallest absolute Gasteiger partial charge is 0.222 e. The van der Waals surface area contributed by atoms with E-state index in [9.17, 15) is 5.11 Å². The number of halogens is 1. The van der Waals surface area contributed by atoms with Gasteiger partial charge in [0.25, 0.3) is 0 Å². The third kappa shape index (κ3) is 1.91. The second kappa shape index (κ2) is 4.30. The highest BCUT2D eigenvalue weighted by atomic mass is 79.9. The van der Waals surface area contributed by atoms with Crippen LogP contribution < -0.4 is 0 Å². The van der Waals surface area contributed by atoms with E-state index >= 15 is 0 Å². The van der Waals surface area contributed by atoms with Gasteiger partial charge in [-0.15, -0.1) is 0 Å².